The van der Waals surface area contributed by atoms with E-state index in [1.165, 1.54) is 0 Å². The molecule has 1 saturated carbocycles. The highest BCUT2D eigenvalue weighted by atomic mass is 19.4. The summed E-state index contributed by atoms with van der Waals surface area (Å²) in [4.78, 5) is 0. The van der Waals surface area contributed by atoms with Crippen molar-refractivity contribution in [2.45, 2.75) is 43.2 Å². The van der Waals surface area contributed by atoms with Crippen LogP contribution in [0.5, 0.6) is 0 Å². The summed E-state index contributed by atoms with van der Waals surface area (Å²) >= 11 is 0. The first-order valence-electron chi connectivity index (χ1n) is 6.10. The van der Waals surface area contributed by atoms with Crippen molar-refractivity contribution in [1.29, 1.82) is 0 Å². The monoisotopic (exact) mass is 269 g/mol. The Hall–Kier alpha value is -0.370. The van der Waals surface area contributed by atoms with Crippen molar-refractivity contribution in [2.75, 3.05) is 19.8 Å². The molecule has 1 aliphatic carbocycles. The number of hydrogen-bond acceptors (Lipinski definition) is 4. The number of hydrogen-bond donors (Lipinski definition) is 2. The molecule has 0 aromatic carbocycles. The average molecular weight is 269 g/mol. The van der Waals surface area contributed by atoms with Gasteiger partial charge in [-0.2, -0.15) is 13.2 Å². The van der Waals surface area contributed by atoms with Crippen LogP contribution < -0.4 is 5.73 Å². The Kier molecular flexibility index (Phi) is 3.61. The fourth-order valence-electron chi connectivity index (χ4n) is 2.83. The van der Waals surface area contributed by atoms with E-state index in [-0.39, 0.29) is 12.8 Å². The van der Waals surface area contributed by atoms with Gasteiger partial charge in [-0.15, -0.1) is 0 Å². The Balaban J connectivity index is 2.04. The van der Waals surface area contributed by atoms with Gasteiger partial charge in [0.25, 0.3) is 0 Å². The lowest BCUT2D eigenvalue weighted by atomic mass is 9.74. The third kappa shape index (κ3) is 2.24. The molecule has 0 aromatic heterocycles. The second-order valence-electron chi connectivity index (χ2n) is 5.01. The van der Waals surface area contributed by atoms with Crippen molar-refractivity contribution in [3.8, 4) is 0 Å². The Morgan fingerprint density at radius 1 is 1.17 bits per heavy atom. The molecule has 3 N–H and O–H groups in total. The van der Waals surface area contributed by atoms with Crippen LogP contribution in [0.1, 0.15) is 25.7 Å². The molecule has 1 spiro atoms. The minimum Gasteiger partial charge on any atom is -0.379 e. The van der Waals surface area contributed by atoms with Gasteiger partial charge in [0.05, 0.1) is 13.2 Å². The van der Waals surface area contributed by atoms with E-state index in [2.05, 4.69) is 0 Å². The summed E-state index contributed by atoms with van der Waals surface area (Å²) in [5.41, 5.74) is 2.34. The Morgan fingerprint density at radius 2 is 1.67 bits per heavy atom. The van der Waals surface area contributed by atoms with Crippen molar-refractivity contribution >= 4 is 0 Å². The fraction of sp³-hybridized carbons (Fsp3) is 1.00. The number of alkyl halides is 3. The molecule has 1 unspecified atom stereocenters. The molecule has 106 valence electrons. The molecule has 0 amide bonds. The lowest BCUT2D eigenvalue weighted by molar-refractivity contribution is -0.287. The van der Waals surface area contributed by atoms with Gasteiger partial charge in [0.15, 0.2) is 11.4 Å². The van der Waals surface area contributed by atoms with Crippen LogP contribution in [0.4, 0.5) is 13.2 Å². The Bertz CT molecular complexity index is 294. The van der Waals surface area contributed by atoms with Gasteiger partial charge >= 0.3 is 6.18 Å². The van der Waals surface area contributed by atoms with E-state index in [0.29, 0.717) is 26.1 Å². The summed E-state index contributed by atoms with van der Waals surface area (Å²) in [6.07, 6.45) is -3.55. The van der Waals surface area contributed by atoms with E-state index in [4.69, 9.17) is 15.2 Å². The smallest absolute Gasteiger partial charge is 0.379 e. The predicted molar refractivity (Wildman–Crippen MR) is 56.7 cm³/mol. The molecule has 1 heterocycles. The molecular weight excluding hydrogens is 251 g/mol. The van der Waals surface area contributed by atoms with Gasteiger partial charge in [-0.3, -0.25) is 0 Å². The number of aliphatic hydroxyl groups is 1. The highest BCUT2D eigenvalue weighted by Crippen LogP contribution is 2.46. The highest BCUT2D eigenvalue weighted by Gasteiger charge is 2.59. The van der Waals surface area contributed by atoms with Crippen molar-refractivity contribution in [3.63, 3.8) is 0 Å². The van der Waals surface area contributed by atoms with E-state index in [9.17, 15) is 18.3 Å². The first-order chi connectivity index (χ1) is 8.33. The van der Waals surface area contributed by atoms with Gasteiger partial charge in [-0.05, 0) is 18.8 Å². The van der Waals surface area contributed by atoms with Crippen LogP contribution in [0.25, 0.3) is 0 Å². The van der Waals surface area contributed by atoms with Gasteiger partial charge in [0.1, 0.15) is 0 Å². The van der Waals surface area contributed by atoms with Gasteiger partial charge < -0.3 is 20.3 Å². The molecule has 0 radical (unpaired) electrons. The maximum Gasteiger partial charge on any atom is 0.418 e. The molecule has 18 heavy (non-hydrogen) atoms. The van der Waals surface area contributed by atoms with E-state index >= 15 is 0 Å². The minimum absolute atomic E-state index is 0.202. The van der Waals surface area contributed by atoms with Crippen molar-refractivity contribution in [1.82, 2.24) is 0 Å². The molecular formula is C11H18F3NO3. The second kappa shape index (κ2) is 4.63. The Labute approximate surface area is 103 Å². The molecule has 2 fully saturated rings. The van der Waals surface area contributed by atoms with Crippen LogP contribution in [0.3, 0.4) is 0 Å². The summed E-state index contributed by atoms with van der Waals surface area (Å²) in [6, 6.07) is 0. The zero-order valence-corrected chi connectivity index (χ0v) is 10.0. The average Bonchev–Trinajstić information content (AvgIpc) is 2.76. The third-order valence-electron chi connectivity index (χ3n) is 4.04. The molecule has 4 nitrogen and oxygen atoms in total. The van der Waals surface area contributed by atoms with E-state index < -0.39 is 30.0 Å². The molecule has 2 aliphatic rings. The molecule has 1 aliphatic heterocycles. The zero-order valence-electron chi connectivity index (χ0n) is 10.0. The minimum atomic E-state index is -4.70. The number of ether oxygens (including phenoxy) is 2. The maximum atomic E-state index is 12.9. The molecule has 0 aromatic rings. The summed E-state index contributed by atoms with van der Waals surface area (Å²) in [5, 5.41) is 9.78. The topological polar surface area (TPSA) is 64.7 Å². The molecule has 1 saturated heterocycles. The molecule has 1 atom stereocenters. The Morgan fingerprint density at radius 3 is 2.06 bits per heavy atom. The number of rotatable bonds is 2. The largest absolute Gasteiger partial charge is 0.418 e. The van der Waals surface area contributed by atoms with E-state index in [0.717, 1.165) is 0 Å². The highest BCUT2D eigenvalue weighted by molar-refractivity contribution is 4.98. The van der Waals surface area contributed by atoms with Crippen molar-refractivity contribution in [3.05, 3.63) is 0 Å². The van der Waals surface area contributed by atoms with E-state index in [1.807, 2.05) is 0 Å². The van der Waals surface area contributed by atoms with Crippen LogP contribution in [0.15, 0.2) is 0 Å². The van der Waals surface area contributed by atoms with E-state index in [1.54, 1.807) is 0 Å². The number of halogens is 3. The van der Waals surface area contributed by atoms with Gasteiger partial charge in [0.2, 0.25) is 0 Å². The standard InChI is InChI=1S/C11H18F3NO3/c12-11(13,14)10(16,7-15)8-1-3-9(4-2-8)17-5-6-18-9/h8,16H,1-7,15H2. The lowest BCUT2D eigenvalue weighted by Gasteiger charge is -2.43. The molecule has 2 rings (SSSR count). The summed E-state index contributed by atoms with van der Waals surface area (Å²) in [5.74, 6) is -1.61. The maximum absolute atomic E-state index is 12.9. The molecule has 7 heteroatoms. The zero-order chi connectivity index (χ0) is 13.4. The summed E-state index contributed by atoms with van der Waals surface area (Å²) < 4.78 is 49.5. The van der Waals surface area contributed by atoms with Crippen molar-refractivity contribution < 1.29 is 27.8 Å². The fourth-order valence-corrected chi connectivity index (χ4v) is 2.83. The van der Waals surface area contributed by atoms with Crippen LogP contribution in [-0.4, -0.2) is 42.4 Å². The number of nitrogens with two attached hydrogens (primary N) is 1. The lowest BCUT2D eigenvalue weighted by Crippen LogP contribution is -2.58. The van der Waals surface area contributed by atoms with Crippen LogP contribution in [-0.2, 0) is 9.47 Å². The van der Waals surface area contributed by atoms with Crippen molar-refractivity contribution in [2.24, 2.45) is 11.7 Å². The van der Waals surface area contributed by atoms with Gasteiger partial charge in [0, 0.05) is 19.4 Å². The SMILES string of the molecule is NCC(O)(C1CCC2(CC1)OCCO2)C(F)(F)F. The van der Waals surface area contributed by atoms with Crippen LogP contribution in [0, 0.1) is 5.92 Å². The van der Waals surface area contributed by atoms with Crippen LogP contribution in [0.2, 0.25) is 0 Å². The third-order valence-corrected chi connectivity index (χ3v) is 4.04. The first kappa shape index (κ1) is 14.0. The summed E-state index contributed by atoms with van der Waals surface area (Å²) in [7, 11) is 0. The van der Waals surface area contributed by atoms with Gasteiger partial charge in [-0.25, -0.2) is 0 Å². The first-order valence-corrected chi connectivity index (χ1v) is 6.10. The normalized spacial score (nSPS) is 28.5. The quantitative estimate of drug-likeness (QED) is 0.790. The predicted octanol–water partition coefficient (Wildman–Crippen LogP) is 1.17. The summed E-state index contributed by atoms with van der Waals surface area (Å²) in [6.45, 7) is 0.145. The second-order valence-corrected chi connectivity index (χ2v) is 5.01. The van der Waals surface area contributed by atoms with Gasteiger partial charge in [-0.1, -0.05) is 0 Å². The van der Waals surface area contributed by atoms with Crippen LogP contribution >= 0.6 is 0 Å². The molecule has 0 bridgehead atoms.